The number of hydrogen-bond donors (Lipinski definition) is 1. The number of carbonyl (C=O) groups excluding carboxylic acids is 1. The topological polar surface area (TPSA) is 50.7 Å². The van der Waals surface area contributed by atoms with Crippen LogP contribution in [-0.4, -0.2) is 18.7 Å². The summed E-state index contributed by atoms with van der Waals surface area (Å²) in [7, 11) is 1.54. The first-order valence-electron chi connectivity index (χ1n) is 7.24. The Hall–Kier alpha value is -1.68. The van der Waals surface area contributed by atoms with Crippen molar-refractivity contribution >= 4 is 11.6 Å². The predicted molar refractivity (Wildman–Crippen MR) is 79.5 cm³/mol. The molecule has 0 heterocycles. The standard InChI is InChI=1S/C16H22N2O2/c1-20-15(13-9-5-4-6-10-13)16(19)18-17-14-11-7-2-3-8-12-14/h4-6,9-10,15H,2-3,7-8,11-12H2,1H3,(H,18,19)/t15-/m1/s1. The minimum Gasteiger partial charge on any atom is -0.367 e. The maximum atomic E-state index is 12.2. The second-order valence-electron chi connectivity index (χ2n) is 5.09. The summed E-state index contributed by atoms with van der Waals surface area (Å²) in [4.78, 5) is 12.2. The van der Waals surface area contributed by atoms with E-state index in [9.17, 15) is 4.79 Å². The van der Waals surface area contributed by atoms with E-state index in [1.165, 1.54) is 32.8 Å². The normalized spacial score (nSPS) is 17.1. The summed E-state index contributed by atoms with van der Waals surface area (Å²) in [5, 5.41) is 4.27. The van der Waals surface area contributed by atoms with Crippen LogP contribution in [0.15, 0.2) is 35.4 Å². The Bertz CT molecular complexity index is 447. The number of ether oxygens (including phenoxy) is 1. The molecule has 20 heavy (non-hydrogen) atoms. The van der Waals surface area contributed by atoms with E-state index in [1.807, 2.05) is 30.3 Å². The smallest absolute Gasteiger partial charge is 0.273 e. The lowest BCUT2D eigenvalue weighted by Crippen LogP contribution is -2.27. The molecule has 4 heteroatoms. The van der Waals surface area contributed by atoms with Gasteiger partial charge in [0.05, 0.1) is 0 Å². The van der Waals surface area contributed by atoms with E-state index in [0.717, 1.165) is 24.1 Å². The van der Waals surface area contributed by atoms with E-state index in [1.54, 1.807) is 0 Å². The number of hydrazone groups is 1. The van der Waals surface area contributed by atoms with Crippen LogP contribution in [0.4, 0.5) is 0 Å². The van der Waals surface area contributed by atoms with Gasteiger partial charge in [-0.05, 0) is 31.2 Å². The third-order valence-electron chi connectivity index (χ3n) is 3.58. The van der Waals surface area contributed by atoms with Crippen LogP contribution in [0.1, 0.15) is 50.2 Å². The second-order valence-corrected chi connectivity index (χ2v) is 5.09. The van der Waals surface area contributed by atoms with Gasteiger partial charge in [-0.1, -0.05) is 43.2 Å². The first kappa shape index (κ1) is 14.7. The fraction of sp³-hybridized carbons (Fsp3) is 0.500. The van der Waals surface area contributed by atoms with Crippen molar-refractivity contribution in [1.82, 2.24) is 5.43 Å². The molecule has 0 radical (unpaired) electrons. The molecule has 0 spiro atoms. The highest BCUT2D eigenvalue weighted by Gasteiger charge is 2.19. The molecule has 4 nitrogen and oxygen atoms in total. The van der Waals surface area contributed by atoms with E-state index in [4.69, 9.17) is 4.74 Å². The van der Waals surface area contributed by atoms with Crippen molar-refractivity contribution in [2.45, 2.75) is 44.6 Å². The Labute approximate surface area is 120 Å². The van der Waals surface area contributed by atoms with E-state index in [0.29, 0.717) is 0 Å². The van der Waals surface area contributed by atoms with Gasteiger partial charge >= 0.3 is 0 Å². The van der Waals surface area contributed by atoms with E-state index in [-0.39, 0.29) is 5.91 Å². The number of nitrogens with one attached hydrogen (secondary N) is 1. The molecular weight excluding hydrogens is 252 g/mol. The maximum Gasteiger partial charge on any atom is 0.273 e. The molecule has 1 fully saturated rings. The number of carbonyl (C=O) groups is 1. The SMILES string of the molecule is CO[C@@H](C(=O)NN=C1CCCCCC1)c1ccccc1. The average molecular weight is 274 g/mol. The van der Waals surface area contributed by atoms with Gasteiger partial charge < -0.3 is 4.74 Å². The number of benzene rings is 1. The highest BCUT2D eigenvalue weighted by Crippen LogP contribution is 2.17. The fourth-order valence-electron chi connectivity index (χ4n) is 2.46. The molecule has 1 aliphatic rings. The van der Waals surface area contributed by atoms with Crippen molar-refractivity contribution in [1.29, 1.82) is 0 Å². The Morgan fingerprint density at radius 3 is 2.40 bits per heavy atom. The molecule has 0 saturated heterocycles. The van der Waals surface area contributed by atoms with Gasteiger partial charge in [-0.25, -0.2) is 5.43 Å². The van der Waals surface area contributed by atoms with E-state index in [2.05, 4.69) is 10.5 Å². The molecule has 0 unspecified atom stereocenters. The summed E-state index contributed by atoms with van der Waals surface area (Å²) in [5.41, 5.74) is 4.59. The lowest BCUT2D eigenvalue weighted by molar-refractivity contribution is -0.131. The third-order valence-corrected chi connectivity index (χ3v) is 3.58. The first-order chi connectivity index (χ1) is 9.81. The quantitative estimate of drug-likeness (QED) is 0.677. The van der Waals surface area contributed by atoms with Crippen molar-refractivity contribution in [3.8, 4) is 0 Å². The molecule has 1 aliphatic carbocycles. The van der Waals surface area contributed by atoms with Gasteiger partial charge in [-0.15, -0.1) is 0 Å². The van der Waals surface area contributed by atoms with Gasteiger partial charge in [-0.2, -0.15) is 5.10 Å². The summed E-state index contributed by atoms with van der Waals surface area (Å²) < 4.78 is 5.28. The highest BCUT2D eigenvalue weighted by molar-refractivity contribution is 5.88. The number of amides is 1. The van der Waals surface area contributed by atoms with Crippen molar-refractivity contribution in [2.75, 3.05) is 7.11 Å². The first-order valence-corrected chi connectivity index (χ1v) is 7.24. The summed E-state index contributed by atoms with van der Waals surface area (Å²) in [6.45, 7) is 0. The van der Waals surface area contributed by atoms with Crippen LogP contribution in [0.5, 0.6) is 0 Å². The minimum atomic E-state index is -0.605. The molecule has 0 bridgehead atoms. The number of hydrogen-bond acceptors (Lipinski definition) is 3. The van der Waals surface area contributed by atoms with Crippen LogP contribution in [0.3, 0.4) is 0 Å². The van der Waals surface area contributed by atoms with Gasteiger partial charge in [-0.3, -0.25) is 4.79 Å². The third kappa shape index (κ3) is 4.17. The van der Waals surface area contributed by atoms with Crippen LogP contribution in [0.25, 0.3) is 0 Å². The molecule has 1 saturated carbocycles. The molecule has 1 amide bonds. The Balaban J connectivity index is 1.97. The highest BCUT2D eigenvalue weighted by atomic mass is 16.5. The van der Waals surface area contributed by atoms with Gasteiger partial charge in [0.1, 0.15) is 0 Å². The van der Waals surface area contributed by atoms with Gasteiger partial charge in [0.15, 0.2) is 6.10 Å². The van der Waals surface area contributed by atoms with E-state index < -0.39 is 6.10 Å². The van der Waals surface area contributed by atoms with Crippen molar-refractivity contribution < 1.29 is 9.53 Å². The van der Waals surface area contributed by atoms with Crippen LogP contribution < -0.4 is 5.43 Å². The Morgan fingerprint density at radius 1 is 1.15 bits per heavy atom. The zero-order valence-corrected chi connectivity index (χ0v) is 12.0. The van der Waals surface area contributed by atoms with Crippen molar-refractivity contribution in [3.63, 3.8) is 0 Å². The van der Waals surface area contributed by atoms with E-state index >= 15 is 0 Å². The summed E-state index contributed by atoms with van der Waals surface area (Å²) in [6.07, 6.45) is 6.23. The fourth-order valence-corrected chi connectivity index (χ4v) is 2.46. The zero-order chi connectivity index (χ0) is 14.2. The molecule has 1 aromatic carbocycles. The van der Waals surface area contributed by atoms with Gasteiger partial charge in [0, 0.05) is 12.8 Å². The Morgan fingerprint density at radius 2 is 1.80 bits per heavy atom. The average Bonchev–Trinajstić information content (AvgIpc) is 2.76. The Kier molecular flexibility index (Phi) is 5.74. The zero-order valence-electron chi connectivity index (χ0n) is 12.0. The number of rotatable bonds is 4. The molecule has 1 aromatic rings. The summed E-state index contributed by atoms with van der Waals surface area (Å²) >= 11 is 0. The number of methoxy groups -OCH3 is 1. The second kappa shape index (κ2) is 7.80. The maximum absolute atomic E-state index is 12.2. The molecule has 1 N–H and O–H groups in total. The largest absolute Gasteiger partial charge is 0.367 e. The summed E-state index contributed by atoms with van der Waals surface area (Å²) in [5.74, 6) is -0.213. The van der Waals surface area contributed by atoms with Crippen LogP contribution in [0.2, 0.25) is 0 Å². The van der Waals surface area contributed by atoms with Crippen molar-refractivity contribution in [3.05, 3.63) is 35.9 Å². The lowest BCUT2D eigenvalue weighted by Gasteiger charge is -2.14. The van der Waals surface area contributed by atoms with Crippen LogP contribution in [-0.2, 0) is 9.53 Å². The predicted octanol–water partition coefficient (Wildman–Crippen LogP) is 3.20. The minimum absolute atomic E-state index is 0.213. The molecule has 108 valence electrons. The molecule has 2 rings (SSSR count). The van der Waals surface area contributed by atoms with Gasteiger partial charge in [0.2, 0.25) is 0 Å². The van der Waals surface area contributed by atoms with Gasteiger partial charge in [0.25, 0.3) is 5.91 Å². The summed E-state index contributed by atoms with van der Waals surface area (Å²) in [6, 6.07) is 9.47. The number of nitrogens with zero attached hydrogens (tertiary/aromatic N) is 1. The lowest BCUT2D eigenvalue weighted by atomic mass is 10.1. The molecule has 0 aliphatic heterocycles. The molecule has 1 atom stereocenters. The van der Waals surface area contributed by atoms with Crippen LogP contribution in [0, 0.1) is 0 Å². The van der Waals surface area contributed by atoms with Crippen LogP contribution >= 0.6 is 0 Å². The monoisotopic (exact) mass is 274 g/mol. The molecule has 0 aromatic heterocycles. The molecular formula is C16H22N2O2. The van der Waals surface area contributed by atoms with Crippen molar-refractivity contribution in [2.24, 2.45) is 5.10 Å².